The third-order valence-electron chi connectivity index (χ3n) is 6.88. The van der Waals surface area contributed by atoms with E-state index in [0.29, 0.717) is 42.0 Å². The minimum absolute atomic E-state index is 0.156. The normalized spacial score (nSPS) is 19.5. The number of piperidine rings is 1. The highest BCUT2D eigenvalue weighted by Gasteiger charge is 2.38. The molecule has 0 saturated carbocycles. The fraction of sp³-hybridized carbons (Fsp3) is 0.423. The van der Waals surface area contributed by atoms with Crippen molar-refractivity contribution in [1.82, 2.24) is 4.90 Å². The molecule has 0 bridgehead atoms. The number of hydrogen-bond acceptors (Lipinski definition) is 4. The van der Waals surface area contributed by atoms with E-state index in [1.165, 1.54) is 4.90 Å². The number of carbonyl (C=O) groups is 2. The van der Waals surface area contributed by atoms with Gasteiger partial charge in [-0.05, 0) is 55.2 Å². The highest BCUT2D eigenvalue weighted by atomic mass is 19.1. The van der Waals surface area contributed by atoms with Gasteiger partial charge in [0.2, 0.25) is 0 Å². The van der Waals surface area contributed by atoms with Crippen molar-refractivity contribution in [2.24, 2.45) is 0 Å². The summed E-state index contributed by atoms with van der Waals surface area (Å²) < 4.78 is 21.0. The van der Waals surface area contributed by atoms with Crippen molar-refractivity contribution in [2.45, 2.75) is 44.8 Å². The predicted molar refractivity (Wildman–Crippen MR) is 125 cm³/mol. The minimum Gasteiger partial charge on any atom is -0.465 e. The number of hydrogen-bond donors (Lipinski definition) is 1. The topological polar surface area (TPSA) is 93.9 Å². The maximum atomic E-state index is 15.6. The molecule has 2 aromatic carbocycles. The van der Waals surface area contributed by atoms with Gasteiger partial charge in [0.15, 0.2) is 0 Å². The van der Waals surface area contributed by atoms with E-state index in [-0.39, 0.29) is 37.9 Å². The van der Waals surface area contributed by atoms with E-state index in [0.717, 1.165) is 11.1 Å². The Morgan fingerprint density at radius 1 is 1.18 bits per heavy atom. The van der Waals surface area contributed by atoms with Gasteiger partial charge in [0, 0.05) is 38.1 Å². The van der Waals surface area contributed by atoms with E-state index in [4.69, 9.17) is 10.00 Å². The fourth-order valence-electron chi connectivity index (χ4n) is 4.88. The number of rotatable bonds is 4. The Labute approximate surface area is 198 Å². The van der Waals surface area contributed by atoms with Crippen molar-refractivity contribution >= 4 is 17.7 Å². The highest BCUT2D eigenvalue weighted by molar-refractivity contribution is 5.98. The monoisotopic (exact) mass is 465 g/mol. The van der Waals surface area contributed by atoms with Crippen LogP contribution in [-0.2, 0) is 10.4 Å². The summed E-state index contributed by atoms with van der Waals surface area (Å²) in [6.45, 7) is 4.98. The first-order valence-corrected chi connectivity index (χ1v) is 11.4. The number of alkyl halides is 1. The van der Waals surface area contributed by atoms with Crippen LogP contribution in [0.3, 0.4) is 0 Å². The van der Waals surface area contributed by atoms with E-state index >= 15 is 4.39 Å². The number of carboxylic acid groups (broad SMARTS) is 1. The number of halogens is 1. The molecule has 1 unspecified atom stereocenters. The van der Waals surface area contributed by atoms with Crippen LogP contribution in [0.1, 0.15) is 51.9 Å². The number of amides is 2. The van der Waals surface area contributed by atoms with E-state index in [9.17, 15) is 14.7 Å². The summed E-state index contributed by atoms with van der Waals surface area (Å²) in [5.74, 6) is -0.228. The number of nitriles is 1. The van der Waals surface area contributed by atoms with Crippen molar-refractivity contribution in [3.63, 3.8) is 0 Å². The molecule has 0 aromatic heterocycles. The lowest BCUT2D eigenvalue weighted by atomic mass is 9.85. The van der Waals surface area contributed by atoms with Crippen LogP contribution in [0, 0.1) is 25.2 Å². The Morgan fingerprint density at radius 2 is 1.85 bits per heavy atom. The molecule has 0 spiro atoms. The molecule has 2 saturated heterocycles. The zero-order chi connectivity index (χ0) is 24.5. The van der Waals surface area contributed by atoms with Crippen molar-refractivity contribution in [3.8, 4) is 6.07 Å². The molecule has 2 aliphatic heterocycles. The Morgan fingerprint density at radius 3 is 2.41 bits per heavy atom. The average molecular weight is 466 g/mol. The van der Waals surface area contributed by atoms with Crippen LogP contribution in [-0.4, -0.2) is 54.4 Å². The van der Waals surface area contributed by atoms with E-state index in [1.807, 2.05) is 26.0 Å². The zero-order valence-corrected chi connectivity index (χ0v) is 19.4. The van der Waals surface area contributed by atoms with Crippen molar-refractivity contribution in [3.05, 3.63) is 64.2 Å². The first kappa shape index (κ1) is 23.7. The molecule has 1 atom stereocenters. The summed E-state index contributed by atoms with van der Waals surface area (Å²) in [5, 5.41) is 18.8. The van der Waals surface area contributed by atoms with Crippen LogP contribution < -0.4 is 4.90 Å². The Kier molecular flexibility index (Phi) is 6.58. The molecule has 34 heavy (non-hydrogen) atoms. The quantitative estimate of drug-likeness (QED) is 0.715. The van der Waals surface area contributed by atoms with Crippen molar-refractivity contribution in [1.29, 1.82) is 5.26 Å². The molecule has 2 fully saturated rings. The van der Waals surface area contributed by atoms with Crippen molar-refractivity contribution in [2.75, 3.05) is 31.2 Å². The lowest BCUT2D eigenvalue weighted by Gasteiger charge is -2.37. The molecule has 2 aromatic rings. The maximum Gasteiger partial charge on any atom is 0.412 e. The van der Waals surface area contributed by atoms with Gasteiger partial charge in [0.25, 0.3) is 5.91 Å². The largest absolute Gasteiger partial charge is 0.465 e. The number of carbonyl (C=O) groups excluding carboxylic acids is 1. The molecule has 0 radical (unpaired) electrons. The summed E-state index contributed by atoms with van der Waals surface area (Å²) in [4.78, 5) is 28.4. The second kappa shape index (κ2) is 9.43. The number of likely N-dealkylation sites (tertiary alicyclic amines) is 1. The highest BCUT2D eigenvalue weighted by Crippen LogP contribution is 2.38. The summed E-state index contributed by atoms with van der Waals surface area (Å²) in [7, 11) is 0. The van der Waals surface area contributed by atoms with E-state index in [2.05, 4.69) is 0 Å². The van der Waals surface area contributed by atoms with E-state index in [1.54, 1.807) is 35.2 Å². The Hall–Kier alpha value is -3.44. The van der Waals surface area contributed by atoms with Gasteiger partial charge in [-0.3, -0.25) is 9.69 Å². The van der Waals surface area contributed by atoms with Gasteiger partial charge in [-0.25, -0.2) is 9.18 Å². The molecular formula is C26H28FN3O4. The van der Waals surface area contributed by atoms with Gasteiger partial charge in [-0.2, -0.15) is 5.26 Å². The van der Waals surface area contributed by atoms with Gasteiger partial charge in [0.1, 0.15) is 5.67 Å². The van der Waals surface area contributed by atoms with Gasteiger partial charge >= 0.3 is 6.09 Å². The van der Waals surface area contributed by atoms with Gasteiger partial charge in [0.05, 0.1) is 30.0 Å². The van der Waals surface area contributed by atoms with Gasteiger partial charge in [-0.15, -0.1) is 0 Å². The molecular weight excluding hydrogens is 437 g/mol. The summed E-state index contributed by atoms with van der Waals surface area (Å²) >= 11 is 0. The molecule has 2 amide bonds. The van der Waals surface area contributed by atoms with E-state index < -0.39 is 11.8 Å². The first-order chi connectivity index (χ1) is 16.2. The number of nitrogens with zero attached hydrogens (tertiary/aromatic N) is 3. The Bertz CT molecular complexity index is 1130. The maximum absolute atomic E-state index is 15.6. The van der Waals surface area contributed by atoms with Crippen LogP contribution >= 0.6 is 0 Å². The molecule has 0 aliphatic carbocycles. The molecule has 2 heterocycles. The first-order valence-electron chi connectivity index (χ1n) is 11.4. The standard InChI is InChI=1S/C26H28FN3O4/c1-17-13-18(2)23(30(25(32)33)21-7-12-34-16-21)14-22(17)24(31)29-10-8-26(27,9-11-29)20-5-3-19(15-28)4-6-20/h3-6,13-14,21H,7-12,16H2,1-2H3,(H,32,33). The summed E-state index contributed by atoms with van der Waals surface area (Å²) in [6.07, 6.45) is -0.168. The van der Waals surface area contributed by atoms with Gasteiger partial charge < -0.3 is 14.7 Å². The summed E-state index contributed by atoms with van der Waals surface area (Å²) in [5.41, 5.74) is 1.87. The third kappa shape index (κ3) is 4.48. The van der Waals surface area contributed by atoms with Crippen LogP contribution in [0.25, 0.3) is 0 Å². The number of ether oxygens (including phenoxy) is 1. The third-order valence-corrected chi connectivity index (χ3v) is 6.88. The number of benzene rings is 2. The molecule has 2 aliphatic rings. The molecule has 1 N–H and O–H groups in total. The molecule has 7 nitrogen and oxygen atoms in total. The minimum atomic E-state index is -1.55. The predicted octanol–water partition coefficient (Wildman–Crippen LogP) is 4.55. The molecule has 4 rings (SSSR count). The summed E-state index contributed by atoms with van der Waals surface area (Å²) in [6, 6.07) is 11.7. The molecule has 178 valence electrons. The van der Waals surface area contributed by atoms with Crippen molar-refractivity contribution < 1.29 is 23.8 Å². The lowest BCUT2D eigenvalue weighted by molar-refractivity contribution is 0.0421. The zero-order valence-electron chi connectivity index (χ0n) is 19.4. The Balaban J connectivity index is 1.54. The SMILES string of the molecule is Cc1cc(C)c(N(C(=O)O)C2CCOC2)cc1C(=O)N1CCC(F)(c2ccc(C#N)cc2)CC1. The van der Waals surface area contributed by atoms with Crippen LogP contribution in [0.5, 0.6) is 0 Å². The van der Waals surface area contributed by atoms with Crippen LogP contribution in [0.2, 0.25) is 0 Å². The average Bonchev–Trinajstić information content (AvgIpc) is 3.35. The van der Waals surface area contributed by atoms with Crippen LogP contribution in [0.4, 0.5) is 14.9 Å². The van der Waals surface area contributed by atoms with Crippen LogP contribution in [0.15, 0.2) is 36.4 Å². The molecule has 8 heteroatoms. The lowest BCUT2D eigenvalue weighted by Crippen LogP contribution is -2.44. The fourth-order valence-corrected chi connectivity index (χ4v) is 4.88. The second-order valence-corrected chi connectivity index (χ2v) is 9.07. The smallest absolute Gasteiger partial charge is 0.412 e. The second-order valence-electron chi connectivity index (χ2n) is 9.07. The number of anilines is 1. The van der Waals surface area contributed by atoms with Gasteiger partial charge in [-0.1, -0.05) is 18.2 Å². The number of aryl methyl sites for hydroxylation is 2.